The number of furan rings is 1. The van der Waals surface area contributed by atoms with Crippen molar-refractivity contribution < 1.29 is 27.2 Å². The van der Waals surface area contributed by atoms with E-state index in [-0.39, 0.29) is 29.0 Å². The molecule has 9 nitrogen and oxygen atoms in total. The molecule has 1 aliphatic rings. The molecular weight excluding hydrogens is 398 g/mol. The monoisotopic (exact) mass is 421 g/mol. The summed E-state index contributed by atoms with van der Waals surface area (Å²) >= 11 is 0. The molecule has 0 radical (unpaired) electrons. The highest BCUT2D eigenvalue weighted by Gasteiger charge is 2.33. The van der Waals surface area contributed by atoms with Gasteiger partial charge >= 0.3 is 0 Å². The Labute approximate surface area is 169 Å². The second kappa shape index (κ2) is 8.56. The number of methoxy groups -OCH3 is 1. The molecule has 1 saturated heterocycles. The van der Waals surface area contributed by atoms with Crippen molar-refractivity contribution in [2.24, 2.45) is 0 Å². The standard InChI is InChI=1S/C19H23N3O6S/c1-27-17-12-13(8-9-14(17)21-29(2,25)26)20-18(23)15-6-3-4-10-22(15)19(24)16-7-5-11-28-16/h5,7-9,11-12,15,21H,3-4,6,10H2,1-2H3,(H,20,23). The van der Waals surface area contributed by atoms with Gasteiger partial charge in [0.25, 0.3) is 5.91 Å². The summed E-state index contributed by atoms with van der Waals surface area (Å²) in [7, 11) is -2.07. The number of carbonyl (C=O) groups excluding carboxylic acids is 2. The molecule has 10 heteroatoms. The van der Waals surface area contributed by atoms with Gasteiger partial charge in [-0.25, -0.2) is 8.42 Å². The number of amides is 2. The van der Waals surface area contributed by atoms with Crippen molar-refractivity contribution in [2.75, 3.05) is 29.9 Å². The third-order valence-electron chi connectivity index (χ3n) is 4.56. The summed E-state index contributed by atoms with van der Waals surface area (Å²) in [6, 6.07) is 7.17. The van der Waals surface area contributed by atoms with Crippen LogP contribution in [-0.4, -0.2) is 51.1 Å². The molecule has 1 aromatic carbocycles. The molecule has 29 heavy (non-hydrogen) atoms. The van der Waals surface area contributed by atoms with Crippen LogP contribution in [0.25, 0.3) is 0 Å². The lowest BCUT2D eigenvalue weighted by atomic mass is 10.0. The Kier molecular flexibility index (Phi) is 6.12. The van der Waals surface area contributed by atoms with Crippen LogP contribution in [0, 0.1) is 0 Å². The molecule has 1 aromatic heterocycles. The van der Waals surface area contributed by atoms with Gasteiger partial charge in [0.1, 0.15) is 11.8 Å². The van der Waals surface area contributed by atoms with E-state index in [1.807, 2.05) is 0 Å². The number of carbonyl (C=O) groups is 2. The average molecular weight is 421 g/mol. The number of rotatable bonds is 6. The average Bonchev–Trinajstić information content (AvgIpc) is 3.22. The number of hydrogen-bond donors (Lipinski definition) is 2. The predicted octanol–water partition coefficient (Wildman–Crippen LogP) is 2.29. The summed E-state index contributed by atoms with van der Waals surface area (Å²) < 4.78 is 35.7. The molecule has 2 aromatic rings. The Morgan fingerprint density at radius 2 is 2.03 bits per heavy atom. The summed E-state index contributed by atoms with van der Waals surface area (Å²) in [6.07, 6.45) is 4.65. The Morgan fingerprint density at radius 1 is 1.24 bits per heavy atom. The Balaban J connectivity index is 1.76. The van der Waals surface area contributed by atoms with Gasteiger partial charge in [0.15, 0.2) is 5.76 Å². The van der Waals surface area contributed by atoms with E-state index in [0.717, 1.165) is 19.1 Å². The lowest BCUT2D eigenvalue weighted by Crippen LogP contribution is -2.49. The van der Waals surface area contributed by atoms with Crippen LogP contribution in [0.15, 0.2) is 41.0 Å². The van der Waals surface area contributed by atoms with E-state index >= 15 is 0 Å². The number of anilines is 2. The van der Waals surface area contributed by atoms with E-state index in [1.165, 1.54) is 30.4 Å². The molecule has 0 bridgehead atoms. The summed E-state index contributed by atoms with van der Waals surface area (Å²) in [5, 5.41) is 2.79. The largest absolute Gasteiger partial charge is 0.494 e. The highest BCUT2D eigenvalue weighted by molar-refractivity contribution is 7.92. The number of piperidine rings is 1. The zero-order chi connectivity index (χ0) is 21.0. The molecule has 2 amide bonds. The molecule has 1 unspecified atom stereocenters. The third kappa shape index (κ3) is 5.08. The van der Waals surface area contributed by atoms with Gasteiger partial charge in [0.05, 0.1) is 25.3 Å². The summed E-state index contributed by atoms with van der Waals surface area (Å²) in [6.45, 7) is 0.470. The van der Waals surface area contributed by atoms with Crippen LogP contribution in [0.1, 0.15) is 29.8 Å². The molecule has 1 aliphatic heterocycles. The number of ether oxygens (including phenoxy) is 1. The van der Waals surface area contributed by atoms with Crippen LogP contribution in [0.2, 0.25) is 0 Å². The van der Waals surface area contributed by atoms with E-state index in [4.69, 9.17) is 9.15 Å². The topological polar surface area (TPSA) is 118 Å². The Bertz CT molecular complexity index is 987. The summed E-state index contributed by atoms with van der Waals surface area (Å²) in [5.41, 5.74) is 0.696. The first kappa shape index (κ1) is 20.7. The van der Waals surface area contributed by atoms with E-state index in [1.54, 1.807) is 18.2 Å². The van der Waals surface area contributed by atoms with Crippen LogP contribution >= 0.6 is 0 Å². The van der Waals surface area contributed by atoms with Crippen molar-refractivity contribution in [2.45, 2.75) is 25.3 Å². The molecule has 1 fully saturated rings. The smallest absolute Gasteiger partial charge is 0.290 e. The van der Waals surface area contributed by atoms with Crippen molar-refractivity contribution in [1.29, 1.82) is 0 Å². The second-order valence-corrected chi connectivity index (χ2v) is 8.51. The van der Waals surface area contributed by atoms with E-state index in [9.17, 15) is 18.0 Å². The molecular formula is C19H23N3O6S. The second-order valence-electron chi connectivity index (χ2n) is 6.77. The molecule has 3 rings (SSSR count). The SMILES string of the molecule is COc1cc(NC(=O)C2CCCCN2C(=O)c2ccco2)ccc1NS(C)(=O)=O. The highest BCUT2D eigenvalue weighted by Crippen LogP contribution is 2.29. The number of nitrogens with zero attached hydrogens (tertiary/aromatic N) is 1. The quantitative estimate of drug-likeness (QED) is 0.739. The molecule has 2 heterocycles. The van der Waals surface area contributed by atoms with Gasteiger partial charge in [-0.15, -0.1) is 0 Å². The predicted molar refractivity (Wildman–Crippen MR) is 107 cm³/mol. The zero-order valence-electron chi connectivity index (χ0n) is 16.2. The van der Waals surface area contributed by atoms with E-state index in [2.05, 4.69) is 10.0 Å². The normalized spacial score (nSPS) is 16.9. The molecule has 0 spiro atoms. The molecule has 0 saturated carbocycles. The first-order chi connectivity index (χ1) is 13.8. The first-order valence-electron chi connectivity index (χ1n) is 9.09. The number of nitrogens with one attached hydrogen (secondary N) is 2. The van der Waals surface area contributed by atoms with Crippen molar-refractivity contribution in [3.8, 4) is 5.75 Å². The summed E-state index contributed by atoms with van der Waals surface area (Å²) in [4.78, 5) is 27.1. The Hall–Kier alpha value is -3.01. The fourth-order valence-electron chi connectivity index (χ4n) is 3.27. The molecule has 0 aliphatic carbocycles. The van der Waals surface area contributed by atoms with Crippen molar-refractivity contribution >= 4 is 33.2 Å². The van der Waals surface area contributed by atoms with Gasteiger partial charge in [0.2, 0.25) is 15.9 Å². The fraction of sp³-hybridized carbons (Fsp3) is 0.368. The van der Waals surface area contributed by atoms with Crippen LogP contribution in [0.4, 0.5) is 11.4 Å². The maximum absolute atomic E-state index is 12.9. The van der Waals surface area contributed by atoms with Gasteiger partial charge in [-0.1, -0.05) is 0 Å². The van der Waals surface area contributed by atoms with Crippen LogP contribution in [0.3, 0.4) is 0 Å². The van der Waals surface area contributed by atoms with Gasteiger partial charge in [-0.2, -0.15) is 0 Å². The van der Waals surface area contributed by atoms with Crippen molar-refractivity contribution in [3.63, 3.8) is 0 Å². The number of likely N-dealkylation sites (tertiary alicyclic amines) is 1. The lowest BCUT2D eigenvalue weighted by molar-refractivity contribution is -0.121. The third-order valence-corrected chi connectivity index (χ3v) is 5.15. The number of hydrogen-bond acceptors (Lipinski definition) is 6. The first-order valence-corrected chi connectivity index (χ1v) is 11.0. The summed E-state index contributed by atoms with van der Waals surface area (Å²) in [5.74, 6) is -0.182. The van der Waals surface area contributed by atoms with Gasteiger partial charge in [0, 0.05) is 18.3 Å². The molecule has 156 valence electrons. The van der Waals surface area contributed by atoms with Gasteiger partial charge in [-0.05, 0) is 43.5 Å². The maximum Gasteiger partial charge on any atom is 0.290 e. The zero-order valence-corrected chi connectivity index (χ0v) is 17.0. The Morgan fingerprint density at radius 3 is 2.69 bits per heavy atom. The minimum atomic E-state index is -3.47. The van der Waals surface area contributed by atoms with Gasteiger partial charge < -0.3 is 19.4 Å². The van der Waals surface area contributed by atoms with Crippen molar-refractivity contribution in [1.82, 2.24) is 4.90 Å². The highest BCUT2D eigenvalue weighted by atomic mass is 32.2. The lowest BCUT2D eigenvalue weighted by Gasteiger charge is -2.34. The van der Waals surface area contributed by atoms with Crippen LogP contribution in [0.5, 0.6) is 5.75 Å². The van der Waals surface area contributed by atoms with Crippen LogP contribution in [-0.2, 0) is 14.8 Å². The maximum atomic E-state index is 12.9. The van der Waals surface area contributed by atoms with Gasteiger partial charge in [-0.3, -0.25) is 14.3 Å². The number of benzene rings is 1. The van der Waals surface area contributed by atoms with Crippen molar-refractivity contribution in [3.05, 3.63) is 42.4 Å². The fourth-order valence-corrected chi connectivity index (χ4v) is 3.84. The number of sulfonamides is 1. The van der Waals surface area contributed by atoms with Crippen LogP contribution < -0.4 is 14.8 Å². The minimum absolute atomic E-state index is 0.197. The molecule has 2 N–H and O–H groups in total. The van der Waals surface area contributed by atoms with E-state index in [0.29, 0.717) is 18.7 Å². The van der Waals surface area contributed by atoms with E-state index < -0.39 is 16.1 Å². The molecule has 1 atom stereocenters. The minimum Gasteiger partial charge on any atom is -0.494 e.